The molecule has 1 aliphatic heterocycles. The number of thiazole rings is 1. The number of hydrogen-bond acceptors (Lipinski definition) is 6. The van der Waals surface area contributed by atoms with E-state index in [-0.39, 0.29) is 5.69 Å². The van der Waals surface area contributed by atoms with E-state index in [1.807, 2.05) is 28.9 Å². The van der Waals surface area contributed by atoms with Gasteiger partial charge in [0.25, 0.3) is 5.69 Å². The van der Waals surface area contributed by atoms with E-state index in [1.165, 1.54) is 18.0 Å². The summed E-state index contributed by atoms with van der Waals surface area (Å²) >= 11 is 5.54. The summed E-state index contributed by atoms with van der Waals surface area (Å²) in [6.07, 6.45) is 1.40. The highest BCUT2D eigenvalue weighted by Gasteiger charge is 2.20. The number of hydrogen-bond donors (Lipinski definition) is 1. The van der Waals surface area contributed by atoms with Crippen molar-refractivity contribution in [2.24, 2.45) is 0 Å². The molecule has 3 heterocycles. The standard InChI is InChI=1S/C11H11N3O2S3/c15-14(16)7-3-8(12-4-7)9-5-19-11(13-9)10-6-17-1-2-18-10/h3-5,10,12H,1-2,6H2. The molecule has 2 aromatic heterocycles. The fourth-order valence-corrected chi connectivity index (χ4v) is 5.65. The maximum absolute atomic E-state index is 10.7. The highest BCUT2D eigenvalue weighted by molar-refractivity contribution is 8.06. The molecule has 8 heteroatoms. The minimum Gasteiger partial charge on any atom is -0.354 e. The van der Waals surface area contributed by atoms with Crippen LogP contribution in [0.5, 0.6) is 0 Å². The Labute approximate surface area is 122 Å². The Bertz CT molecular complexity index is 590. The molecule has 0 amide bonds. The summed E-state index contributed by atoms with van der Waals surface area (Å²) in [5.41, 5.74) is 1.58. The van der Waals surface area contributed by atoms with Gasteiger partial charge in [0.1, 0.15) is 5.01 Å². The maximum Gasteiger partial charge on any atom is 0.287 e. The molecule has 1 aliphatic rings. The van der Waals surface area contributed by atoms with Crippen LogP contribution in [-0.4, -0.2) is 32.1 Å². The third-order valence-electron chi connectivity index (χ3n) is 2.77. The Balaban J connectivity index is 1.81. The third kappa shape index (κ3) is 2.80. The number of nitrogens with one attached hydrogen (secondary N) is 1. The van der Waals surface area contributed by atoms with Gasteiger partial charge in [-0.15, -0.1) is 23.1 Å². The largest absolute Gasteiger partial charge is 0.354 e. The zero-order chi connectivity index (χ0) is 13.2. The van der Waals surface area contributed by atoms with E-state index in [1.54, 1.807) is 11.3 Å². The van der Waals surface area contributed by atoms with E-state index in [9.17, 15) is 10.1 Å². The van der Waals surface area contributed by atoms with Crippen LogP contribution in [0.25, 0.3) is 11.4 Å². The fraction of sp³-hybridized carbons (Fsp3) is 0.364. The van der Waals surface area contributed by atoms with Gasteiger partial charge >= 0.3 is 0 Å². The topological polar surface area (TPSA) is 71.8 Å². The van der Waals surface area contributed by atoms with Crippen molar-refractivity contribution < 1.29 is 4.92 Å². The van der Waals surface area contributed by atoms with Crippen molar-refractivity contribution in [1.82, 2.24) is 9.97 Å². The van der Waals surface area contributed by atoms with Crippen molar-refractivity contribution in [2.75, 3.05) is 17.3 Å². The van der Waals surface area contributed by atoms with Crippen LogP contribution >= 0.6 is 34.9 Å². The minimum atomic E-state index is -0.402. The maximum atomic E-state index is 10.7. The lowest BCUT2D eigenvalue weighted by Crippen LogP contribution is -2.06. The lowest BCUT2D eigenvalue weighted by molar-refractivity contribution is -0.384. The molecule has 5 nitrogen and oxygen atoms in total. The second kappa shape index (κ2) is 5.56. The fourth-order valence-electron chi connectivity index (χ4n) is 1.83. The first-order valence-corrected chi connectivity index (χ1v) is 8.80. The smallest absolute Gasteiger partial charge is 0.287 e. The highest BCUT2D eigenvalue weighted by atomic mass is 32.2. The van der Waals surface area contributed by atoms with E-state index >= 15 is 0 Å². The molecule has 3 rings (SSSR count). The van der Waals surface area contributed by atoms with Crippen LogP contribution in [0.2, 0.25) is 0 Å². The Morgan fingerprint density at radius 3 is 3.05 bits per heavy atom. The van der Waals surface area contributed by atoms with Crippen molar-refractivity contribution in [3.05, 3.63) is 32.8 Å². The summed E-state index contributed by atoms with van der Waals surface area (Å²) in [5, 5.41) is 14.2. The van der Waals surface area contributed by atoms with Crippen LogP contribution < -0.4 is 0 Å². The number of thioether (sulfide) groups is 2. The van der Waals surface area contributed by atoms with Gasteiger partial charge in [0.2, 0.25) is 0 Å². The van der Waals surface area contributed by atoms with Crippen molar-refractivity contribution in [3.63, 3.8) is 0 Å². The predicted octanol–water partition coefficient (Wildman–Crippen LogP) is 3.57. The molecule has 100 valence electrons. The summed E-state index contributed by atoms with van der Waals surface area (Å²) < 4.78 is 0. The van der Waals surface area contributed by atoms with Crippen molar-refractivity contribution in [2.45, 2.75) is 5.25 Å². The third-order valence-corrected chi connectivity index (χ3v) is 6.64. The quantitative estimate of drug-likeness (QED) is 0.693. The zero-order valence-electron chi connectivity index (χ0n) is 9.87. The molecule has 0 aromatic carbocycles. The van der Waals surface area contributed by atoms with Gasteiger partial charge in [0.15, 0.2) is 0 Å². The summed E-state index contributed by atoms with van der Waals surface area (Å²) in [6, 6.07) is 1.53. The molecule has 19 heavy (non-hydrogen) atoms. The van der Waals surface area contributed by atoms with Gasteiger partial charge < -0.3 is 4.98 Å². The van der Waals surface area contributed by atoms with E-state index < -0.39 is 4.92 Å². The molecule has 0 spiro atoms. The number of aromatic amines is 1. The second-order valence-corrected chi connectivity index (χ2v) is 7.38. The van der Waals surface area contributed by atoms with Crippen molar-refractivity contribution in [1.29, 1.82) is 0 Å². The lowest BCUT2D eigenvalue weighted by atomic mass is 10.3. The van der Waals surface area contributed by atoms with Gasteiger partial charge in [0.05, 0.1) is 27.8 Å². The van der Waals surface area contributed by atoms with Gasteiger partial charge in [-0.25, -0.2) is 4.98 Å². The van der Waals surface area contributed by atoms with E-state index in [0.29, 0.717) is 10.9 Å². The van der Waals surface area contributed by atoms with Crippen molar-refractivity contribution in [3.8, 4) is 11.4 Å². The van der Waals surface area contributed by atoms with Crippen LogP contribution in [0.4, 0.5) is 5.69 Å². The first-order valence-electron chi connectivity index (χ1n) is 5.72. The minimum absolute atomic E-state index is 0.0761. The summed E-state index contributed by atoms with van der Waals surface area (Å²) in [6.45, 7) is 0. The molecule has 1 atom stereocenters. The lowest BCUT2D eigenvalue weighted by Gasteiger charge is -2.18. The summed E-state index contributed by atoms with van der Waals surface area (Å²) in [7, 11) is 0. The molecule has 1 unspecified atom stereocenters. The molecule has 1 N–H and O–H groups in total. The molecule has 0 saturated carbocycles. The average molecular weight is 313 g/mol. The average Bonchev–Trinajstić information content (AvgIpc) is 3.09. The Morgan fingerprint density at radius 1 is 1.47 bits per heavy atom. The molecule has 0 radical (unpaired) electrons. The van der Waals surface area contributed by atoms with Gasteiger partial charge in [-0.2, -0.15) is 11.8 Å². The van der Waals surface area contributed by atoms with E-state index in [4.69, 9.17) is 0 Å². The van der Waals surface area contributed by atoms with Crippen LogP contribution in [0.15, 0.2) is 17.6 Å². The Hall–Kier alpha value is -0.990. The molecular weight excluding hydrogens is 302 g/mol. The van der Waals surface area contributed by atoms with Crippen LogP contribution in [0.3, 0.4) is 0 Å². The van der Waals surface area contributed by atoms with Crippen LogP contribution in [0.1, 0.15) is 10.3 Å². The molecule has 0 aliphatic carbocycles. The Kier molecular flexibility index (Phi) is 3.81. The number of rotatable bonds is 3. The SMILES string of the molecule is O=[N+]([O-])c1c[nH]c(-c2csc(C3CSCCS3)n2)c1. The molecule has 2 aromatic rings. The number of nitro groups is 1. The zero-order valence-corrected chi connectivity index (χ0v) is 12.3. The van der Waals surface area contributed by atoms with Gasteiger partial charge in [-0.05, 0) is 0 Å². The first-order chi connectivity index (χ1) is 9.24. The molecule has 1 fully saturated rings. The summed E-state index contributed by atoms with van der Waals surface area (Å²) in [4.78, 5) is 17.8. The van der Waals surface area contributed by atoms with Crippen LogP contribution in [0, 0.1) is 10.1 Å². The molecular formula is C11H11N3O2S3. The Morgan fingerprint density at radius 2 is 2.37 bits per heavy atom. The molecule has 0 bridgehead atoms. The number of H-pyrrole nitrogens is 1. The molecule has 1 saturated heterocycles. The van der Waals surface area contributed by atoms with Crippen LogP contribution in [-0.2, 0) is 0 Å². The van der Waals surface area contributed by atoms with E-state index in [0.717, 1.165) is 22.2 Å². The monoisotopic (exact) mass is 313 g/mol. The predicted molar refractivity (Wildman–Crippen MR) is 81.1 cm³/mol. The summed E-state index contributed by atoms with van der Waals surface area (Å²) in [5.74, 6) is 3.48. The normalized spacial score (nSPS) is 19.5. The van der Waals surface area contributed by atoms with Gasteiger partial charge in [-0.3, -0.25) is 10.1 Å². The second-order valence-electron chi connectivity index (χ2n) is 4.03. The van der Waals surface area contributed by atoms with Gasteiger partial charge in [0, 0.05) is 28.7 Å². The highest BCUT2D eigenvalue weighted by Crippen LogP contribution is 2.39. The number of aromatic nitrogens is 2. The first kappa shape index (κ1) is 13.0. The van der Waals surface area contributed by atoms with Gasteiger partial charge in [-0.1, -0.05) is 0 Å². The van der Waals surface area contributed by atoms with E-state index in [2.05, 4.69) is 9.97 Å². The van der Waals surface area contributed by atoms with Crippen molar-refractivity contribution >= 4 is 40.5 Å². The number of nitrogens with zero attached hydrogens (tertiary/aromatic N) is 2.